The van der Waals surface area contributed by atoms with Crippen molar-refractivity contribution in [2.45, 2.75) is 17.9 Å². The third-order valence-corrected chi connectivity index (χ3v) is 5.91. The largest absolute Gasteiger partial charge is 0.391 e. The van der Waals surface area contributed by atoms with Crippen molar-refractivity contribution in [2.75, 3.05) is 38.6 Å². The van der Waals surface area contributed by atoms with Crippen molar-refractivity contribution in [1.82, 2.24) is 9.21 Å². The topological polar surface area (TPSA) is 60.9 Å². The van der Waals surface area contributed by atoms with Crippen LogP contribution in [0.25, 0.3) is 0 Å². The minimum atomic E-state index is -3.42. The van der Waals surface area contributed by atoms with Gasteiger partial charge in [-0.1, -0.05) is 17.7 Å². The van der Waals surface area contributed by atoms with Gasteiger partial charge in [0.25, 0.3) is 0 Å². The van der Waals surface area contributed by atoms with E-state index in [2.05, 4.69) is 0 Å². The lowest BCUT2D eigenvalue weighted by molar-refractivity contribution is 0.105. The maximum atomic E-state index is 12.5. The normalized spacial score (nSPS) is 19.6. The lowest BCUT2D eigenvalue weighted by Crippen LogP contribution is -2.50. The van der Waals surface area contributed by atoms with E-state index in [0.29, 0.717) is 37.6 Å². The Kier molecular flexibility index (Phi) is 5.62. The summed E-state index contributed by atoms with van der Waals surface area (Å²) in [5, 5.41) is 9.53. The van der Waals surface area contributed by atoms with Gasteiger partial charge in [0.2, 0.25) is 10.0 Å². The Morgan fingerprint density at radius 1 is 1.19 bits per heavy atom. The summed E-state index contributed by atoms with van der Waals surface area (Å²) >= 11 is 5.58. The zero-order chi connectivity index (χ0) is 15.5. The van der Waals surface area contributed by atoms with Gasteiger partial charge >= 0.3 is 0 Å². The van der Waals surface area contributed by atoms with Gasteiger partial charge in [-0.15, -0.1) is 11.6 Å². The number of alkyl halides is 1. The third-order valence-electron chi connectivity index (χ3n) is 3.64. The first-order valence-corrected chi connectivity index (χ1v) is 8.94. The number of halogens is 1. The molecule has 1 atom stereocenters. The standard InChI is InChI=1S/C14H21ClN2O3S/c1-12-2-4-14(5-3-12)21(19,20)17-8-6-16(7-9-17)11-13(18)10-15/h2-5,13,18H,6-11H2,1H3/t13-/m0/s1. The second-order valence-corrected chi connectivity index (χ2v) is 7.57. The first kappa shape index (κ1) is 16.7. The Balaban J connectivity index is 1.99. The summed E-state index contributed by atoms with van der Waals surface area (Å²) in [5.74, 6) is 0.196. The summed E-state index contributed by atoms with van der Waals surface area (Å²) in [6.07, 6.45) is -0.563. The Morgan fingerprint density at radius 2 is 1.76 bits per heavy atom. The minimum Gasteiger partial charge on any atom is -0.391 e. The molecule has 1 aliphatic heterocycles. The smallest absolute Gasteiger partial charge is 0.243 e. The molecule has 118 valence electrons. The predicted molar refractivity (Wildman–Crippen MR) is 83.1 cm³/mol. The fourth-order valence-corrected chi connectivity index (χ4v) is 3.88. The Bertz CT molecular complexity index is 554. The van der Waals surface area contributed by atoms with Gasteiger partial charge in [-0.25, -0.2) is 8.42 Å². The predicted octanol–water partition coefficient (Wildman–Crippen LogP) is 0.901. The molecule has 0 aliphatic carbocycles. The highest BCUT2D eigenvalue weighted by molar-refractivity contribution is 7.89. The molecular weight excluding hydrogens is 312 g/mol. The molecule has 0 saturated carbocycles. The summed E-state index contributed by atoms with van der Waals surface area (Å²) in [6.45, 7) is 4.51. The highest BCUT2D eigenvalue weighted by Crippen LogP contribution is 2.18. The van der Waals surface area contributed by atoms with Crippen LogP contribution in [-0.4, -0.2) is 67.4 Å². The minimum absolute atomic E-state index is 0.196. The number of aryl methyl sites for hydroxylation is 1. The average Bonchev–Trinajstić information content (AvgIpc) is 2.48. The van der Waals surface area contributed by atoms with Gasteiger partial charge in [0, 0.05) is 38.6 Å². The number of rotatable bonds is 5. The van der Waals surface area contributed by atoms with Crippen molar-refractivity contribution >= 4 is 21.6 Å². The molecule has 0 bridgehead atoms. The van der Waals surface area contributed by atoms with Crippen LogP contribution in [0.1, 0.15) is 5.56 Å². The summed E-state index contributed by atoms with van der Waals surface area (Å²) in [4.78, 5) is 2.37. The highest BCUT2D eigenvalue weighted by Gasteiger charge is 2.28. The first-order valence-electron chi connectivity index (χ1n) is 6.96. The van der Waals surface area contributed by atoms with Crippen molar-refractivity contribution in [1.29, 1.82) is 0 Å². The molecule has 1 fully saturated rings. The Labute approximate surface area is 131 Å². The number of nitrogens with zero attached hydrogens (tertiary/aromatic N) is 2. The molecule has 1 aliphatic rings. The number of β-amino-alcohol motifs (C(OH)–C–C–N with tert-alkyl or cyclic N) is 1. The van der Waals surface area contributed by atoms with Gasteiger partial charge in [0.1, 0.15) is 0 Å². The van der Waals surface area contributed by atoms with E-state index in [-0.39, 0.29) is 5.88 Å². The number of sulfonamides is 1. The summed E-state index contributed by atoms with van der Waals surface area (Å²) in [7, 11) is -3.42. The van der Waals surface area contributed by atoms with E-state index in [1.807, 2.05) is 11.8 Å². The lowest BCUT2D eigenvalue weighted by Gasteiger charge is -2.34. The first-order chi connectivity index (χ1) is 9.93. The number of hydrogen-bond acceptors (Lipinski definition) is 4. The van der Waals surface area contributed by atoms with Crippen LogP contribution < -0.4 is 0 Å². The van der Waals surface area contributed by atoms with Crippen LogP contribution in [-0.2, 0) is 10.0 Å². The van der Waals surface area contributed by atoms with E-state index in [1.54, 1.807) is 24.3 Å². The molecule has 0 aromatic heterocycles. The van der Waals surface area contributed by atoms with Crippen LogP contribution in [0.15, 0.2) is 29.2 Å². The van der Waals surface area contributed by atoms with E-state index >= 15 is 0 Å². The zero-order valence-electron chi connectivity index (χ0n) is 12.1. The third kappa shape index (κ3) is 4.17. The molecular formula is C14H21ClN2O3S. The van der Waals surface area contributed by atoms with Gasteiger partial charge < -0.3 is 5.11 Å². The van der Waals surface area contributed by atoms with Gasteiger partial charge in [0.15, 0.2) is 0 Å². The van der Waals surface area contributed by atoms with E-state index in [0.717, 1.165) is 5.56 Å². The fraction of sp³-hybridized carbons (Fsp3) is 0.571. The van der Waals surface area contributed by atoms with Crippen molar-refractivity contribution in [2.24, 2.45) is 0 Å². The molecule has 0 unspecified atom stereocenters. The summed E-state index contributed by atoms with van der Waals surface area (Å²) in [6, 6.07) is 6.91. The quantitative estimate of drug-likeness (QED) is 0.814. The van der Waals surface area contributed by atoms with Crippen molar-refractivity contribution in [3.8, 4) is 0 Å². The van der Waals surface area contributed by atoms with Crippen molar-refractivity contribution < 1.29 is 13.5 Å². The molecule has 1 heterocycles. The van der Waals surface area contributed by atoms with Crippen LogP contribution in [0.5, 0.6) is 0 Å². The van der Waals surface area contributed by atoms with Gasteiger partial charge in [0.05, 0.1) is 11.0 Å². The Morgan fingerprint density at radius 3 is 2.29 bits per heavy atom. The maximum Gasteiger partial charge on any atom is 0.243 e. The lowest BCUT2D eigenvalue weighted by atomic mass is 10.2. The summed E-state index contributed by atoms with van der Waals surface area (Å²) in [5.41, 5.74) is 1.04. The molecule has 2 rings (SSSR count). The number of piperazine rings is 1. The molecule has 21 heavy (non-hydrogen) atoms. The van der Waals surface area contributed by atoms with Gasteiger partial charge in [-0.2, -0.15) is 4.31 Å². The number of aliphatic hydroxyl groups excluding tert-OH is 1. The second-order valence-electron chi connectivity index (χ2n) is 5.33. The number of aliphatic hydroxyl groups is 1. The monoisotopic (exact) mass is 332 g/mol. The van der Waals surface area contributed by atoms with Crippen molar-refractivity contribution in [3.05, 3.63) is 29.8 Å². The van der Waals surface area contributed by atoms with E-state index < -0.39 is 16.1 Å². The summed E-state index contributed by atoms with van der Waals surface area (Å²) < 4.78 is 26.5. The van der Waals surface area contributed by atoms with E-state index in [9.17, 15) is 13.5 Å². The van der Waals surface area contributed by atoms with Crippen LogP contribution in [0.4, 0.5) is 0 Å². The molecule has 1 aromatic rings. The van der Waals surface area contributed by atoms with Crippen LogP contribution in [0, 0.1) is 6.92 Å². The van der Waals surface area contributed by atoms with Gasteiger partial charge in [-0.05, 0) is 19.1 Å². The van der Waals surface area contributed by atoms with E-state index in [4.69, 9.17) is 11.6 Å². The molecule has 5 nitrogen and oxygen atoms in total. The van der Waals surface area contributed by atoms with Crippen LogP contribution in [0.3, 0.4) is 0 Å². The molecule has 1 N–H and O–H groups in total. The molecule has 0 amide bonds. The maximum absolute atomic E-state index is 12.5. The Hall–Kier alpha value is -0.660. The molecule has 0 radical (unpaired) electrons. The SMILES string of the molecule is Cc1ccc(S(=O)(=O)N2CCN(C[C@@H](O)CCl)CC2)cc1. The highest BCUT2D eigenvalue weighted by atomic mass is 35.5. The average molecular weight is 333 g/mol. The van der Waals surface area contributed by atoms with Gasteiger partial charge in [-0.3, -0.25) is 4.90 Å². The molecule has 7 heteroatoms. The van der Waals surface area contributed by atoms with Crippen LogP contribution >= 0.6 is 11.6 Å². The van der Waals surface area contributed by atoms with E-state index in [1.165, 1.54) is 4.31 Å². The number of hydrogen-bond donors (Lipinski definition) is 1. The zero-order valence-corrected chi connectivity index (χ0v) is 13.6. The second kappa shape index (κ2) is 7.07. The van der Waals surface area contributed by atoms with Crippen LogP contribution in [0.2, 0.25) is 0 Å². The number of benzene rings is 1. The molecule has 1 saturated heterocycles. The molecule has 1 aromatic carbocycles. The van der Waals surface area contributed by atoms with Crippen molar-refractivity contribution in [3.63, 3.8) is 0 Å². The molecule has 0 spiro atoms. The fourth-order valence-electron chi connectivity index (χ4n) is 2.36.